The smallest absolute Gasteiger partial charge is 0.265 e. The molecule has 1 saturated carbocycles. The molecule has 6 nitrogen and oxygen atoms in total. The molecule has 2 aromatic heterocycles. The Bertz CT molecular complexity index is 643. The van der Waals surface area contributed by atoms with Gasteiger partial charge in [0.15, 0.2) is 0 Å². The Hall–Kier alpha value is -1.69. The van der Waals surface area contributed by atoms with Crippen molar-refractivity contribution in [1.29, 1.82) is 0 Å². The van der Waals surface area contributed by atoms with Crippen LogP contribution in [0.15, 0.2) is 16.9 Å². The molecule has 2 aliphatic rings. The van der Waals surface area contributed by atoms with Crippen LogP contribution in [0.25, 0.3) is 11.6 Å². The summed E-state index contributed by atoms with van der Waals surface area (Å²) in [7, 11) is 1.94. The van der Waals surface area contributed by atoms with Crippen LogP contribution in [0.4, 0.5) is 0 Å². The molecule has 2 fully saturated rings. The topological polar surface area (TPSA) is 60.0 Å². The second kappa shape index (κ2) is 6.43. The molecule has 2 aromatic rings. The molecule has 0 unspecified atom stereocenters. The number of rotatable bonds is 4. The maximum Gasteiger partial charge on any atom is 0.265 e. The fourth-order valence-corrected chi connectivity index (χ4v) is 4.00. The van der Waals surface area contributed by atoms with Crippen molar-refractivity contribution in [3.05, 3.63) is 18.4 Å². The summed E-state index contributed by atoms with van der Waals surface area (Å²) < 4.78 is 7.83. The van der Waals surface area contributed by atoms with Gasteiger partial charge in [0.05, 0.1) is 18.4 Å². The van der Waals surface area contributed by atoms with E-state index in [2.05, 4.69) is 20.1 Å². The molecule has 0 amide bonds. The first-order valence-electron chi connectivity index (χ1n) is 8.82. The second-order valence-electron chi connectivity index (χ2n) is 7.08. The Labute approximate surface area is 136 Å². The van der Waals surface area contributed by atoms with Crippen LogP contribution < -0.4 is 0 Å². The van der Waals surface area contributed by atoms with Gasteiger partial charge in [-0.1, -0.05) is 19.3 Å². The lowest BCUT2D eigenvalue weighted by Crippen LogP contribution is -2.28. The summed E-state index contributed by atoms with van der Waals surface area (Å²) in [6.07, 6.45) is 11.7. The number of likely N-dealkylation sites (tertiary alicyclic amines) is 1. The molecule has 0 aromatic carbocycles. The van der Waals surface area contributed by atoms with E-state index in [-0.39, 0.29) is 0 Å². The van der Waals surface area contributed by atoms with E-state index in [0.29, 0.717) is 11.8 Å². The van der Waals surface area contributed by atoms with Gasteiger partial charge in [0.2, 0.25) is 5.89 Å². The average Bonchev–Trinajstić information content (AvgIpc) is 3.28. The molecule has 1 saturated heterocycles. The van der Waals surface area contributed by atoms with Crippen LogP contribution in [0.2, 0.25) is 0 Å². The maximum atomic E-state index is 5.92. The molecule has 0 spiro atoms. The molecular weight excluding hydrogens is 290 g/mol. The van der Waals surface area contributed by atoms with E-state index in [4.69, 9.17) is 4.42 Å². The van der Waals surface area contributed by atoms with Crippen molar-refractivity contribution in [2.45, 2.75) is 44.4 Å². The van der Waals surface area contributed by atoms with Crippen LogP contribution >= 0.6 is 0 Å². The molecule has 4 rings (SSSR count). The van der Waals surface area contributed by atoms with Crippen LogP contribution in [-0.4, -0.2) is 44.3 Å². The zero-order valence-corrected chi connectivity index (χ0v) is 13.8. The van der Waals surface area contributed by atoms with Crippen LogP contribution in [-0.2, 0) is 7.05 Å². The lowest BCUT2D eigenvalue weighted by molar-refractivity contribution is 0.230. The van der Waals surface area contributed by atoms with Crippen molar-refractivity contribution in [3.8, 4) is 11.6 Å². The third-order valence-electron chi connectivity index (χ3n) is 5.34. The highest BCUT2D eigenvalue weighted by Gasteiger charge is 2.30. The van der Waals surface area contributed by atoms with Gasteiger partial charge in [-0.25, -0.2) is 4.98 Å². The molecule has 0 radical (unpaired) electrons. The van der Waals surface area contributed by atoms with Gasteiger partial charge in [-0.3, -0.25) is 0 Å². The first kappa shape index (κ1) is 14.9. The van der Waals surface area contributed by atoms with Crippen LogP contribution in [0, 0.1) is 5.92 Å². The quantitative estimate of drug-likeness (QED) is 0.868. The molecule has 1 atom stereocenters. The summed E-state index contributed by atoms with van der Waals surface area (Å²) in [5, 5.41) is 8.50. The van der Waals surface area contributed by atoms with E-state index in [0.717, 1.165) is 37.0 Å². The monoisotopic (exact) mass is 315 g/mol. The summed E-state index contributed by atoms with van der Waals surface area (Å²) >= 11 is 0. The van der Waals surface area contributed by atoms with E-state index >= 15 is 0 Å². The SMILES string of the molecule is Cn1cncc1-c1nnc([C@H]2CCN(CC3CCCCC3)C2)o1. The first-order chi connectivity index (χ1) is 11.3. The van der Waals surface area contributed by atoms with E-state index < -0.39 is 0 Å². The van der Waals surface area contributed by atoms with Gasteiger partial charge in [-0.05, 0) is 31.7 Å². The highest BCUT2D eigenvalue weighted by molar-refractivity contribution is 5.44. The van der Waals surface area contributed by atoms with Crippen molar-refractivity contribution in [2.24, 2.45) is 13.0 Å². The van der Waals surface area contributed by atoms with Gasteiger partial charge in [0, 0.05) is 20.1 Å². The van der Waals surface area contributed by atoms with E-state index in [1.54, 1.807) is 12.5 Å². The van der Waals surface area contributed by atoms with Crippen LogP contribution in [0.1, 0.15) is 50.3 Å². The average molecular weight is 315 g/mol. The van der Waals surface area contributed by atoms with Gasteiger partial charge in [-0.15, -0.1) is 10.2 Å². The van der Waals surface area contributed by atoms with Gasteiger partial charge < -0.3 is 13.9 Å². The minimum Gasteiger partial charge on any atom is -0.419 e. The third kappa shape index (κ3) is 3.17. The Balaban J connectivity index is 1.38. The minimum absolute atomic E-state index is 0.382. The largest absolute Gasteiger partial charge is 0.419 e. The van der Waals surface area contributed by atoms with Crippen molar-refractivity contribution in [2.75, 3.05) is 19.6 Å². The highest BCUT2D eigenvalue weighted by atomic mass is 16.4. The molecular formula is C17H25N5O. The third-order valence-corrected chi connectivity index (χ3v) is 5.34. The van der Waals surface area contributed by atoms with Crippen molar-refractivity contribution in [3.63, 3.8) is 0 Å². The normalized spacial score (nSPS) is 23.6. The van der Waals surface area contributed by atoms with Crippen molar-refractivity contribution in [1.82, 2.24) is 24.6 Å². The van der Waals surface area contributed by atoms with Gasteiger partial charge >= 0.3 is 0 Å². The number of aryl methyl sites for hydroxylation is 1. The van der Waals surface area contributed by atoms with Crippen LogP contribution in [0.5, 0.6) is 0 Å². The van der Waals surface area contributed by atoms with E-state index in [1.165, 1.54) is 38.6 Å². The number of hydrogen-bond donors (Lipinski definition) is 0. The molecule has 1 aliphatic heterocycles. The molecule has 6 heteroatoms. The van der Waals surface area contributed by atoms with Gasteiger partial charge in [0.1, 0.15) is 5.69 Å². The van der Waals surface area contributed by atoms with Crippen LogP contribution in [0.3, 0.4) is 0 Å². The van der Waals surface area contributed by atoms with Crippen molar-refractivity contribution >= 4 is 0 Å². The predicted molar refractivity (Wildman–Crippen MR) is 86.9 cm³/mol. The molecule has 3 heterocycles. The predicted octanol–water partition coefficient (Wildman–Crippen LogP) is 2.84. The molecule has 1 aliphatic carbocycles. The number of aromatic nitrogens is 4. The second-order valence-corrected chi connectivity index (χ2v) is 7.08. The summed E-state index contributed by atoms with van der Waals surface area (Å²) in [6.45, 7) is 3.47. The fourth-order valence-electron chi connectivity index (χ4n) is 4.00. The molecule has 23 heavy (non-hydrogen) atoms. The standard InChI is InChI=1S/C17H25N5O/c1-21-12-18-9-15(21)17-20-19-16(23-17)14-7-8-22(11-14)10-13-5-3-2-4-6-13/h9,12-14H,2-8,10-11H2,1H3/t14-/m0/s1. The molecule has 124 valence electrons. The Kier molecular flexibility index (Phi) is 4.16. The maximum absolute atomic E-state index is 5.92. The number of imidazole rings is 1. The highest BCUT2D eigenvalue weighted by Crippen LogP contribution is 2.31. The Morgan fingerprint density at radius 1 is 1.17 bits per heavy atom. The van der Waals surface area contributed by atoms with E-state index in [1.807, 2.05) is 11.6 Å². The number of hydrogen-bond acceptors (Lipinski definition) is 5. The summed E-state index contributed by atoms with van der Waals surface area (Å²) in [4.78, 5) is 6.70. The van der Waals surface area contributed by atoms with Gasteiger partial charge in [-0.2, -0.15) is 0 Å². The number of nitrogens with zero attached hydrogens (tertiary/aromatic N) is 5. The Morgan fingerprint density at radius 2 is 2.04 bits per heavy atom. The lowest BCUT2D eigenvalue weighted by atomic mass is 9.89. The molecule has 0 N–H and O–H groups in total. The van der Waals surface area contributed by atoms with Crippen molar-refractivity contribution < 1.29 is 4.42 Å². The zero-order chi connectivity index (χ0) is 15.6. The minimum atomic E-state index is 0.382. The fraction of sp³-hybridized carbons (Fsp3) is 0.706. The zero-order valence-electron chi connectivity index (χ0n) is 13.8. The van der Waals surface area contributed by atoms with E-state index in [9.17, 15) is 0 Å². The Morgan fingerprint density at radius 3 is 2.83 bits per heavy atom. The summed E-state index contributed by atoms with van der Waals surface area (Å²) in [5.74, 6) is 2.64. The summed E-state index contributed by atoms with van der Waals surface area (Å²) in [5.41, 5.74) is 0.876. The lowest BCUT2D eigenvalue weighted by Gasteiger charge is -2.26. The summed E-state index contributed by atoms with van der Waals surface area (Å²) in [6, 6.07) is 0. The van der Waals surface area contributed by atoms with Gasteiger partial charge in [0.25, 0.3) is 5.89 Å². The molecule has 0 bridgehead atoms. The first-order valence-corrected chi connectivity index (χ1v) is 8.82.